The van der Waals surface area contributed by atoms with Crippen LogP contribution in [-0.2, 0) is 14.3 Å². The number of aliphatic hydroxyl groups is 5. The van der Waals surface area contributed by atoms with E-state index >= 15 is 0 Å². The lowest BCUT2D eigenvalue weighted by Gasteiger charge is -2.40. The highest BCUT2D eigenvalue weighted by atomic mass is 16.7. The average molecular weight is 640 g/mol. The first-order valence-corrected chi connectivity index (χ1v) is 17.7. The maximum absolute atomic E-state index is 12.8. The molecule has 1 heterocycles. The van der Waals surface area contributed by atoms with E-state index in [1.807, 2.05) is 6.08 Å². The number of nitrogens with one attached hydrogen (secondary N) is 1. The summed E-state index contributed by atoms with van der Waals surface area (Å²) in [4.78, 5) is 12.8. The lowest BCUT2D eigenvalue weighted by molar-refractivity contribution is -0.302. The van der Waals surface area contributed by atoms with Crippen LogP contribution in [-0.4, -0.2) is 87.5 Å². The molecule has 1 rings (SSSR count). The van der Waals surface area contributed by atoms with Gasteiger partial charge in [-0.05, 0) is 51.4 Å². The lowest BCUT2D eigenvalue weighted by Crippen LogP contribution is -2.60. The van der Waals surface area contributed by atoms with Crippen LogP contribution in [0.5, 0.6) is 0 Å². The predicted octanol–water partition coefficient (Wildman–Crippen LogP) is 5.38. The number of carbonyl (C=O) groups excluding carboxylic acids is 1. The minimum Gasteiger partial charge on any atom is -0.394 e. The monoisotopic (exact) mass is 639 g/mol. The van der Waals surface area contributed by atoms with E-state index in [2.05, 4.69) is 43.5 Å². The minimum absolute atomic E-state index is 0.196. The zero-order valence-electron chi connectivity index (χ0n) is 28.1. The summed E-state index contributed by atoms with van der Waals surface area (Å²) in [6.45, 7) is 3.63. The van der Waals surface area contributed by atoms with Crippen molar-refractivity contribution < 1.29 is 39.8 Å². The van der Waals surface area contributed by atoms with Crippen molar-refractivity contribution in [2.45, 2.75) is 172 Å². The SMILES string of the molecule is CCCCC/C=C\C/C=C\CCCCCCCC(=O)NC(COC1OC(CO)C(O)C(O)C1O)C(O)/C=C/CCCCCCC. The maximum atomic E-state index is 12.8. The fourth-order valence-corrected chi connectivity index (χ4v) is 5.24. The van der Waals surface area contributed by atoms with Gasteiger partial charge in [0.25, 0.3) is 0 Å². The number of hydrogen-bond acceptors (Lipinski definition) is 8. The molecule has 0 aromatic rings. The van der Waals surface area contributed by atoms with Crippen LogP contribution in [0.15, 0.2) is 36.5 Å². The first-order valence-electron chi connectivity index (χ1n) is 17.7. The highest BCUT2D eigenvalue weighted by Crippen LogP contribution is 2.22. The summed E-state index contributed by atoms with van der Waals surface area (Å²) in [7, 11) is 0. The summed E-state index contributed by atoms with van der Waals surface area (Å²) in [5.74, 6) is -0.199. The largest absolute Gasteiger partial charge is 0.394 e. The Balaban J connectivity index is 2.45. The van der Waals surface area contributed by atoms with Gasteiger partial charge in [-0.25, -0.2) is 0 Å². The van der Waals surface area contributed by atoms with E-state index in [0.29, 0.717) is 6.42 Å². The van der Waals surface area contributed by atoms with Gasteiger partial charge < -0.3 is 40.3 Å². The van der Waals surface area contributed by atoms with Crippen molar-refractivity contribution >= 4 is 5.91 Å². The molecule has 1 fully saturated rings. The van der Waals surface area contributed by atoms with Crippen LogP contribution in [0.1, 0.15) is 129 Å². The van der Waals surface area contributed by atoms with Crippen LogP contribution < -0.4 is 5.32 Å². The van der Waals surface area contributed by atoms with E-state index < -0.39 is 49.5 Å². The fraction of sp³-hybridized carbons (Fsp3) is 0.806. The standard InChI is InChI=1S/C36H65NO8/c1-3-5-7-9-11-12-13-14-15-16-17-18-20-22-24-26-32(40)37-29(30(39)25-23-21-19-10-8-6-4-2)28-44-36-35(43)34(42)33(41)31(27-38)45-36/h11-12,14-15,23,25,29-31,33-36,38-39,41-43H,3-10,13,16-22,24,26-28H2,1-2H3,(H,37,40)/b12-11-,15-14-,25-23+. The fourth-order valence-electron chi connectivity index (χ4n) is 5.24. The molecule has 1 amide bonds. The lowest BCUT2D eigenvalue weighted by atomic mass is 9.99. The Morgan fingerprint density at radius 1 is 0.756 bits per heavy atom. The normalized spacial score (nSPS) is 23.8. The molecule has 0 aliphatic carbocycles. The summed E-state index contributed by atoms with van der Waals surface area (Å²) in [5.41, 5.74) is 0. The molecule has 0 aromatic carbocycles. The van der Waals surface area contributed by atoms with E-state index in [-0.39, 0.29) is 12.5 Å². The van der Waals surface area contributed by atoms with E-state index in [4.69, 9.17) is 9.47 Å². The topological polar surface area (TPSA) is 149 Å². The maximum Gasteiger partial charge on any atom is 0.220 e. The Bertz CT molecular complexity index is 802. The molecular weight excluding hydrogens is 574 g/mol. The summed E-state index contributed by atoms with van der Waals surface area (Å²) in [6.07, 6.45) is 23.5. The molecule has 1 saturated heterocycles. The quantitative estimate of drug-likeness (QED) is 0.0519. The van der Waals surface area contributed by atoms with Crippen molar-refractivity contribution in [2.24, 2.45) is 0 Å². The van der Waals surface area contributed by atoms with Crippen LogP contribution in [0.4, 0.5) is 0 Å². The van der Waals surface area contributed by atoms with Crippen molar-refractivity contribution in [1.82, 2.24) is 5.32 Å². The number of amides is 1. The molecule has 7 atom stereocenters. The third-order valence-electron chi connectivity index (χ3n) is 8.21. The van der Waals surface area contributed by atoms with Gasteiger partial charge in [-0.1, -0.05) is 108 Å². The first-order chi connectivity index (χ1) is 21.8. The van der Waals surface area contributed by atoms with Gasteiger partial charge in [0.05, 0.1) is 25.4 Å². The molecule has 45 heavy (non-hydrogen) atoms. The molecule has 0 bridgehead atoms. The highest BCUT2D eigenvalue weighted by molar-refractivity contribution is 5.76. The number of aliphatic hydroxyl groups excluding tert-OH is 5. The summed E-state index contributed by atoms with van der Waals surface area (Å²) in [5, 5.41) is 53.6. The van der Waals surface area contributed by atoms with Crippen LogP contribution in [0, 0.1) is 0 Å². The Hall–Kier alpha value is -1.59. The van der Waals surface area contributed by atoms with Gasteiger partial charge in [0.1, 0.15) is 24.4 Å². The number of ether oxygens (including phenoxy) is 2. The molecule has 7 unspecified atom stereocenters. The van der Waals surface area contributed by atoms with Gasteiger partial charge in [0.15, 0.2) is 6.29 Å². The Kier molecular flexibility index (Phi) is 25.3. The van der Waals surface area contributed by atoms with Crippen LogP contribution >= 0.6 is 0 Å². The average Bonchev–Trinajstić information content (AvgIpc) is 3.04. The molecule has 0 spiro atoms. The van der Waals surface area contributed by atoms with Crippen molar-refractivity contribution in [3.63, 3.8) is 0 Å². The Labute approximate surface area is 272 Å². The summed E-state index contributed by atoms with van der Waals surface area (Å²) in [6, 6.07) is -0.806. The van der Waals surface area contributed by atoms with Crippen molar-refractivity contribution in [1.29, 1.82) is 0 Å². The number of rotatable bonds is 27. The third-order valence-corrected chi connectivity index (χ3v) is 8.21. The number of hydrogen-bond donors (Lipinski definition) is 6. The molecule has 0 aromatic heterocycles. The van der Waals surface area contributed by atoms with Gasteiger partial charge in [0, 0.05) is 6.42 Å². The van der Waals surface area contributed by atoms with E-state index in [9.17, 15) is 30.3 Å². The van der Waals surface area contributed by atoms with Crippen molar-refractivity contribution in [3.05, 3.63) is 36.5 Å². The minimum atomic E-state index is -1.57. The molecule has 0 saturated carbocycles. The molecule has 9 heteroatoms. The predicted molar refractivity (Wildman–Crippen MR) is 180 cm³/mol. The molecule has 0 radical (unpaired) electrons. The number of allylic oxidation sites excluding steroid dienone is 5. The summed E-state index contributed by atoms with van der Waals surface area (Å²) >= 11 is 0. The van der Waals surface area contributed by atoms with E-state index in [0.717, 1.165) is 64.2 Å². The van der Waals surface area contributed by atoms with Crippen LogP contribution in [0.3, 0.4) is 0 Å². The van der Waals surface area contributed by atoms with Gasteiger partial charge in [-0.3, -0.25) is 4.79 Å². The second kappa shape index (κ2) is 27.5. The Morgan fingerprint density at radius 3 is 1.96 bits per heavy atom. The molecule has 9 nitrogen and oxygen atoms in total. The van der Waals surface area contributed by atoms with Crippen LogP contribution in [0.25, 0.3) is 0 Å². The van der Waals surface area contributed by atoms with Gasteiger partial charge in [0.2, 0.25) is 5.91 Å². The van der Waals surface area contributed by atoms with Gasteiger partial charge in [-0.2, -0.15) is 0 Å². The summed E-state index contributed by atoms with van der Waals surface area (Å²) < 4.78 is 11.1. The van der Waals surface area contributed by atoms with E-state index in [1.165, 1.54) is 44.9 Å². The highest BCUT2D eigenvalue weighted by Gasteiger charge is 2.44. The van der Waals surface area contributed by atoms with Gasteiger partial charge >= 0.3 is 0 Å². The van der Waals surface area contributed by atoms with Gasteiger partial charge in [-0.15, -0.1) is 0 Å². The second-order valence-corrected chi connectivity index (χ2v) is 12.3. The van der Waals surface area contributed by atoms with E-state index in [1.54, 1.807) is 6.08 Å². The van der Waals surface area contributed by atoms with Crippen LogP contribution in [0.2, 0.25) is 0 Å². The molecule has 6 N–H and O–H groups in total. The van der Waals surface area contributed by atoms with Crippen molar-refractivity contribution in [3.8, 4) is 0 Å². The molecule has 1 aliphatic rings. The molecular formula is C36H65NO8. The second-order valence-electron chi connectivity index (χ2n) is 12.3. The first kappa shape index (κ1) is 41.4. The smallest absolute Gasteiger partial charge is 0.220 e. The Morgan fingerprint density at radius 2 is 1.31 bits per heavy atom. The third kappa shape index (κ3) is 19.6. The molecule has 262 valence electrons. The zero-order valence-corrected chi connectivity index (χ0v) is 28.1. The van der Waals surface area contributed by atoms with Crippen molar-refractivity contribution in [2.75, 3.05) is 13.2 Å². The number of carbonyl (C=O) groups is 1. The zero-order chi connectivity index (χ0) is 33.1. The molecule has 1 aliphatic heterocycles. The number of unbranched alkanes of at least 4 members (excludes halogenated alkanes) is 13.